The molecule has 0 amide bonds. The van der Waals surface area contributed by atoms with Crippen LogP contribution in [0.15, 0.2) is 6.20 Å². The molecule has 1 saturated heterocycles. The molecule has 2 rings (SSSR count). The molecule has 0 bridgehead atoms. The minimum absolute atomic E-state index is 0.833. The van der Waals surface area contributed by atoms with Crippen molar-refractivity contribution in [2.45, 2.75) is 38.5 Å². The van der Waals surface area contributed by atoms with E-state index in [1.807, 2.05) is 17.5 Å². The third kappa shape index (κ3) is 3.87. The standard InChI is InChI=1S/C13H23N3S2/c1-3-16(4-2)13-15-10-12(18-13)9-14-8-11-6-5-7-17-11/h10-11,14H,3-9H2,1-2H3. The molecule has 0 aliphatic carbocycles. The van der Waals surface area contributed by atoms with Crippen LogP contribution in [0.4, 0.5) is 5.13 Å². The molecule has 1 aliphatic rings. The molecule has 1 unspecified atom stereocenters. The van der Waals surface area contributed by atoms with Crippen molar-refractivity contribution >= 4 is 28.2 Å². The first kappa shape index (κ1) is 14.2. The Morgan fingerprint density at radius 3 is 2.94 bits per heavy atom. The summed E-state index contributed by atoms with van der Waals surface area (Å²) in [5.74, 6) is 1.35. The largest absolute Gasteiger partial charge is 0.349 e. The van der Waals surface area contributed by atoms with E-state index in [1.165, 1.54) is 23.5 Å². The monoisotopic (exact) mass is 285 g/mol. The molecule has 102 valence electrons. The Kier molecular flexibility index (Phi) is 5.79. The Balaban J connectivity index is 1.75. The summed E-state index contributed by atoms with van der Waals surface area (Å²) < 4.78 is 0. The van der Waals surface area contributed by atoms with E-state index in [1.54, 1.807) is 0 Å². The summed E-state index contributed by atoms with van der Waals surface area (Å²) in [6, 6.07) is 0. The highest BCUT2D eigenvalue weighted by Gasteiger charge is 2.15. The molecule has 18 heavy (non-hydrogen) atoms. The Bertz CT molecular complexity index is 344. The van der Waals surface area contributed by atoms with Crippen LogP contribution in [0, 0.1) is 0 Å². The molecule has 5 heteroatoms. The lowest BCUT2D eigenvalue weighted by Gasteiger charge is -2.16. The Labute approximate surface area is 118 Å². The summed E-state index contributed by atoms with van der Waals surface area (Å²) in [6.45, 7) is 8.55. The van der Waals surface area contributed by atoms with Crippen molar-refractivity contribution in [1.29, 1.82) is 0 Å². The summed E-state index contributed by atoms with van der Waals surface area (Å²) in [5.41, 5.74) is 0. The third-order valence-corrected chi connectivity index (χ3v) is 5.73. The maximum absolute atomic E-state index is 4.51. The van der Waals surface area contributed by atoms with Crippen molar-refractivity contribution in [3.8, 4) is 0 Å². The molecular weight excluding hydrogens is 262 g/mol. The molecular formula is C13H23N3S2. The first-order valence-corrected chi connectivity index (χ1v) is 8.72. The van der Waals surface area contributed by atoms with E-state index in [4.69, 9.17) is 0 Å². The summed E-state index contributed by atoms with van der Waals surface area (Å²) >= 11 is 3.93. The van der Waals surface area contributed by atoms with Crippen molar-refractivity contribution in [1.82, 2.24) is 10.3 Å². The normalized spacial score (nSPS) is 19.3. The van der Waals surface area contributed by atoms with Gasteiger partial charge in [0.25, 0.3) is 0 Å². The minimum Gasteiger partial charge on any atom is -0.349 e. The number of thioether (sulfide) groups is 1. The highest BCUT2D eigenvalue weighted by molar-refractivity contribution is 8.00. The molecule has 0 saturated carbocycles. The zero-order valence-electron chi connectivity index (χ0n) is 11.3. The molecule has 0 spiro atoms. The number of hydrogen-bond donors (Lipinski definition) is 1. The fraction of sp³-hybridized carbons (Fsp3) is 0.769. The summed E-state index contributed by atoms with van der Waals surface area (Å²) in [6.07, 6.45) is 4.79. The average Bonchev–Trinajstić information content (AvgIpc) is 3.03. The molecule has 0 aromatic carbocycles. The summed E-state index contributed by atoms with van der Waals surface area (Å²) in [5, 5.41) is 5.56. The number of anilines is 1. The summed E-state index contributed by atoms with van der Waals surface area (Å²) in [7, 11) is 0. The Hall–Kier alpha value is -0.260. The number of nitrogens with one attached hydrogen (secondary N) is 1. The number of hydrogen-bond acceptors (Lipinski definition) is 5. The lowest BCUT2D eigenvalue weighted by molar-refractivity contribution is 0.650. The van der Waals surface area contributed by atoms with Gasteiger partial charge in [-0.15, -0.1) is 11.3 Å². The predicted molar refractivity (Wildman–Crippen MR) is 82.9 cm³/mol. The van der Waals surface area contributed by atoms with Gasteiger partial charge in [0.05, 0.1) is 0 Å². The maximum Gasteiger partial charge on any atom is 0.185 e. The van der Waals surface area contributed by atoms with Gasteiger partial charge in [0.1, 0.15) is 0 Å². The minimum atomic E-state index is 0.833. The number of rotatable bonds is 7. The van der Waals surface area contributed by atoms with Crippen LogP contribution >= 0.6 is 23.1 Å². The van der Waals surface area contributed by atoms with Crippen molar-refractivity contribution < 1.29 is 0 Å². The first-order valence-electron chi connectivity index (χ1n) is 6.85. The molecule has 3 nitrogen and oxygen atoms in total. The highest BCUT2D eigenvalue weighted by atomic mass is 32.2. The van der Waals surface area contributed by atoms with Gasteiger partial charge in [-0.2, -0.15) is 11.8 Å². The van der Waals surface area contributed by atoms with Crippen LogP contribution in [-0.4, -0.2) is 35.6 Å². The Morgan fingerprint density at radius 2 is 2.28 bits per heavy atom. The first-order chi connectivity index (χ1) is 8.83. The van der Waals surface area contributed by atoms with Crippen LogP contribution in [0.2, 0.25) is 0 Å². The second kappa shape index (κ2) is 7.36. The fourth-order valence-corrected chi connectivity index (χ4v) is 4.42. The molecule has 2 heterocycles. The molecule has 1 N–H and O–H groups in total. The zero-order valence-corrected chi connectivity index (χ0v) is 12.9. The van der Waals surface area contributed by atoms with Crippen LogP contribution in [0.25, 0.3) is 0 Å². The lowest BCUT2D eigenvalue weighted by Crippen LogP contribution is -2.22. The molecule has 1 aromatic heterocycles. The number of nitrogens with zero attached hydrogens (tertiary/aromatic N) is 2. The number of thiazole rings is 1. The van der Waals surface area contributed by atoms with E-state index in [0.29, 0.717) is 0 Å². The lowest BCUT2D eigenvalue weighted by atomic mass is 10.2. The average molecular weight is 285 g/mol. The van der Waals surface area contributed by atoms with Gasteiger partial charge in [-0.05, 0) is 32.4 Å². The van der Waals surface area contributed by atoms with Gasteiger partial charge in [-0.3, -0.25) is 0 Å². The Morgan fingerprint density at radius 1 is 1.44 bits per heavy atom. The molecule has 1 fully saturated rings. The van der Waals surface area contributed by atoms with Crippen LogP contribution in [-0.2, 0) is 6.54 Å². The van der Waals surface area contributed by atoms with Crippen LogP contribution < -0.4 is 10.2 Å². The second-order valence-corrected chi connectivity index (χ2v) is 7.05. The quantitative estimate of drug-likeness (QED) is 0.833. The smallest absolute Gasteiger partial charge is 0.185 e. The topological polar surface area (TPSA) is 28.2 Å². The van der Waals surface area contributed by atoms with Gasteiger partial charge in [0.15, 0.2) is 5.13 Å². The van der Waals surface area contributed by atoms with Crippen LogP contribution in [0.3, 0.4) is 0 Å². The van der Waals surface area contributed by atoms with Gasteiger partial charge in [0, 0.05) is 42.5 Å². The van der Waals surface area contributed by atoms with Gasteiger partial charge < -0.3 is 10.2 Å². The van der Waals surface area contributed by atoms with Crippen molar-refractivity contribution in [2.24, 2.45) is 0 Å². The van der Waals surface area contributed by atoms with Gasteiger partial charge >= 0.3 is 0 Å². The molecule has 0 radical (unpaired) electrons. The van der Waals surface area contributed by atoms with Gasteiger partial charge in [0.2, 0.25) is 0 Å². The van der Waals surface area contributed by atoms with Crippen molar-refractivity contribution in [3.63, 3.8) is 0 Å². The van der Waals surface area contributed by atoms with Gasteiger partial charge in [-0.1, -0.05) is 0 Å². The predicted octanol–water partition coefficient (Wildman–Crippen LogP) is 2.97. The van der Waals surface area contributed by atoms with Crippen molar-refractivity contribution in [3.05, 3.63) is 11.1 Å². The van der Waals surface area contributed by atoms with E-state index >= 15 is 0 Å². The summed E-state index contributed by atoms with van der Waals surface area (Å²) in [4.78, 5) is 8.16. The molecule has 1 aliphatic heterocycles. The van der Waals surface area contributed by atoms with E-state index in [2.05, 4.69) is 40.8 Å². The van der Waals surface area contributed by atoms with E-state index < -0.39 is 0 Å². The molecule has 1 atom stereocenters. The fourth-order valence-electron chi connectivity index (χ4n) is 2.18. The van der Waals surface area contributed by atoms with Crippen LogP contribution in [0.5, 0.6) is 0 Å². The zero-order chi connectivity index (χ0) is 12.8. The third-order valence-electron chi connectivity index (χ3n) is 3.27. The maximum atomic E-state index is 4.51. The van der Waals surface area contributed by atoms with Crippen molar-refractivity contribution in [2.75, 3.05) is 30.3 Å². The SMILES string of the molecule is CCN(CC)c1ncc(CNCC2CCCS2)s1. The second-order valence-electron chi connectivity index (χ2n) is 4.55. The number of aromatic nitrogens is 1. The van der Waals surface area contributed by atoms with E-state index in [9.17, 15) is 0 Å². The highest BCUT2D eigenvalue weighted by Crippen LogP contribution is 2.26. The molecule has 1 aromatic rings. The van der Waals surface area contributed by atoms with Gasteiger partial charge in [-0.25, -0.2) is 4.98 Å². The van der Waals surface area contributed by atoms with Crippen LogP contribution in [0.1, 0.15) is 31.6 Å². The van der Waals surface area contributed by atoms with E-state index in [0.717, 1.165) is 36.6 Å². The van der Waals surface area contributed by atoms with E-state index in [-0.39, 0.29) is 0 Å².